The molecule has 1 fully saturated rings. The van der Waals surface area contributed by atoms with Crippen LogP contribution in [0.1, 0.15) is 55.4 Å². The van der Waals surface area contributed by atoms with Gasteiger partial charge in [0, 0.05) is 19.0 Å². The van der Waals surface area contributed by atoms with Crippen LogP contribution in [-0.4, -0.2) is 14.8 Å². The summed E-state index contributed by atoms with van der Waals surface area (Å²) in [6.45, 7) is 1.90. The van der Waals surface area contributed by atoms with E-state index in [0.29, 0.717) is 6.04 Å². The number of fused-ring (bicyclic) bond motifs is 1. The maximum atomic E-state index is 4.37. The van der Waals surface area contributed by atoms with E-state index in [1.54, 1.807) is 0 Å². The van der Waals surface area contributed by atoms with E-state index < -0.39 is 0 Å². The molecule has 1 saturated carbocycles. The van der Waals surface area contributed by atoms with Gasteiger partial charge in [-0.2, -0.15) is 0 Å². The highest BCUT2D eigenvalue weighted by Crippen LogP contribution is 2.34. The van der Waals surface area contributed by atoms with Gasteiger partial charge in [-0.1, -0.05) is 49.6 Å². The Labute approximate surface area is 132 Å². The number of benzene rings is 1. The normalized spacial score (nSPS) is 18.9. The zero-order valence-corrected chi connectivity index (χ0v) is 13.0. The quantitative estimate of drug-likeness (QED) is 0.890. The van der Waals surface area contributed by atoms with Gasteiger partial charge in [0.05, 0.1) is 6.54 Å². The maximum absolute atomic E-state index is 4.37. The summed E-state index contributed by atoms with van der Waals surface area (Å²) in [7, 11) is 0. The highest BCUT2D eigenvalue weighted by atomic mass is 15.3. The van der Waals surface area contributed by atoms with Gasteiger partial charge in [0.1, 0.15) is 11.6 Å². The Bertz CT molecular complexity index is 615. The monoisotopic (exact) mass is 296 g/mol. The third-order valence-corrected chi connectivity index (χ3v) is 5.19. The standard InChI is InChI=1S/C18H24N4/c1-2-8-15(9-3-1)16(12-14-6-4-7-14)19-13-18-21-20-17-10-5-11-22(17)18/h1-3,8-9,14,16,19H,4-7,10-13H2/t16-/m1/s1. The fraction of sp³-hybridized carbons (Fsp3) is 0.556. The lowest BCUT2D eigenvalue weighted by molar-refractivity contribution is 0.259. The molecule has 2 aromatic rings. The van der Waals surface area contributed by atoms with Crippen molar-refractivity contribution in [2.45, 2.75) is 57.7 Å². The first-order valence-corrected chi connectivity index (χ1v) is 8.59. The SMILES string of the molecule is c1ccc([C@@H](CC2CCC2)NCc2nnc3n2CCC3)cc1. The first-order valence-electron chi connectivity index (χ1n) is 8.59. The summed E-state index contributed by atoms with van der Waals surface area (Å²) in [6.07, 6.45) is 7.73. The Morgan fingerprint density at radius 2 is 2.00 bits per heavy atom. The molecule has 1 aromatic carbocycles. The van der Waals surface area contributed by atoms with Crippen molar-refractivity contribution >= 4 is 0 Å². The average molecular weight is 296 g/mol. The number of hydrogen-bond donors (Lipinski definition) is 1. The molecule has 0 unspecified atom stereocenters. The molecule has 0 amide bonds. The van der Waals surface area contributed by atoms with Crippen molar-refractivity contribution in [3.63, 3.8) is 0 Å². The summed E-state index contributed by atoms with van der Waals surface area (Å²) in [5.41, 5.74) is 1.40. The molecule has 1 N–H and O–H groups in total. The smallest absolute Gasteiger partial charge is 0.147 e. The van der Waals surface area contributed by atoms with E-state index in [4.69, 9.17) is 0 Å². The molecule has 0 bridgehead atoms. The van der Waals surface area contributed by atoms with Gasteiger partial charge in [0.2, 0.25) is 0 Å². The number of aryl methyl sites for hydroxylation is 1. The van der Waals surface area contributed by atoms with Gasteiger partial charge in [0.25, 0.3) is 0 Å². The lowest BCUT2D eigenvalue weighted by Gasteiger charge is -2.30. The van der Waals surface area contributed by atoms with Gasteiger partial charge in [-0.05, 0) is 24.3 Å². The zero-order chi connectivity index (χ0) is 14.8. The van der Waals surface area contributed by atoms with E-state index in [2.05, 4.69) is 50.4 Å². The van der Waals surface area contributed by atoms with E-state index in [-0.39, 0.29) is 0 Å². The number of nitrogens with zero attached hydrogens (tertiary/aromatic N) is 3. The van der Waals surface area contributed by atoms with Crippen molar-refractivity contribution in [3.05, 3.63) is 47.5 Å². The van der Waals surface area contributed by atoms with Crippen LogP contribution < -0.4 is 5.32 Å². The third-order valence-electron chi connectivity index (χ3n) is 5.19. The van der Waals surface area contributed by atoms with Crippen LogP contribution in [0.2, 0.25) is 0 Å². The zero-order valence-electron chi connectivity index (χ0n) is 13.0. The van der Waals surface area contributed by atoms with Crippen molar-refractivity contribution in [3.8, 4) is 0 Å². The Hall–Kier alpha value is -1.68. The van der Waals surface area contributed by atoms with Crippen LogP contribution in [-0.2, 0) is 19.5 Å². The molecule has 4 heteroatoms. The molecule has 1 aromatic heterocycles. The minimum atomic E-state index is 0.431. The molecule has 0 spiro atoms. The second kappa shape index (κ2) is 6.21. The Morgan fingerprint density at radius 1 is 1.14 bits per heavy atom. The van der Waals surface area contributed by atoms with Gasteiger partial charge < -0.3 is 9.88 Å². The number of aromatic nitrogens is 3. The molecule has 0 radical (unpaired) electrons. The summed E-state index contributed by atoms with van der Waals surface area (Å²) < 4.78 is 2.29. The van der Waals surface area contributed by atoms with Crippen molar-refractivity contribution in [1.29, 1.82) is 0 Å². The second-order valence-electron chi connectivity index (χ2n) is 6.66. The number of hydrogen-bond acceptors (Lipinski definition) is 3. The predicted octanol–water partition coefficient (Wildman–Crippen LogP) is 3.25. The minimum absolute atomic E-state index is 0.431. The molecule has 2 heterocycles. The topological polar surface area (TPSA) is 42.7 Å². The molecule has 4 rings (SSSR count). The first-order chi connectivity index (χ1) is 10.9. The fourth-order valence-electron chi connectivity index (χ4n) is 3.64. The van der Waals surface area contributed by atoms with Crippen molar-refractivity contribution in [1.82, 2.24) is 20.1 Å². The van der Waals surface area contributed by atoms with Crippen molar-refractivity contribution < 1.29 is 0 Å². The third kappa shape index (κ3) is 2.80. The minimum Gasteiger partial charge on any atom is -0.314 e. The summed E-state index contributed by atoms with van der Waals surface area (Å²) in [4.78, 5) is 0. The Morgan fingerprint density at radius 3 is 2.77 bits per heavy atom. The van der Waals surface area contributed by atoms with E-state index in [1.165, 1.54) is 37.7 Å². The molecule has 1 atom stereocenters. The van der Waals surface area contributed by atoms with Crippen LogP contribution in [0, 0.1) is 5.92 Å². The number of rotatable bonds is 6. The van der Waals surface area contributed by atoms with Crippen LogP contribution in [0.5, 0.6) is 0 Å². The van der Waals surface area contributed by atoms with Crippen LogP contribution in [0.3, 0.4) is 0 Å². The summed E-state index contributed by atoms with van der Waals surface area (Å²) in [6, 6.07) is 11.3. The molecule has 22 heavy (non-hydrogen) atoms. The largest absolute Gasteiger partial charge is 0.314 e. The predicted molar refractivity (Wildman–Crippen MR) is 86.3 cm³/mol. The van der Waals surface area contributed by atoms with Crippen LogP contribution in [0.4, 0.5) is 0 Å². The van der Waals surface area contributed by atoms with E-state index in [0.717, 1.165) is 37.1 Å². The molecular weight excluding hydrogens is 272 g/mol. The molecule has 4 nitrogen and oxygen atoms in total. The average Bonchev–Trinajstić information content (AvgIpc) is 3.10. The van der Waals surface area contributed by atoms with Crippen molar-refractivity contribution in [2.24, 2.45) is 5.92 Å². The maximum Gasteiger partial charge on any atom is 0.147 e. The van der Waals surface area contributed by atoms with Crippen molar-refractivity contribution in [2.75, 3.05) is 0 Å². The summed E-state index contributed by atoms with van der Waals surface area (Å²) >= 11 is 0. The van der Waals surface area contributed by atoms with E-state index in [9.17, 15) is 0 Å². The summed E-state index contributed by atoms with van der Waals surface area (Å²) in [5.74, 6) is 3.15. The van der Waals surface area contributed by atoms with Gasteiger partial charge in [0.15, 0.2) is 0 Å². The van der Waals surface area contributed by atoms with Gasteiger partial charge in [-0.25, -0.2) is 0 Å². The van der Waals surface area contributed by atoms with Crippen LogP contribution in [0.25, 0.3) is 0 Å². The van der Waals surface area contributed by atoms with E-state index >= 15 is 0 Å². The molecule has 0 saturated heterocycles. The highest BCUT2D eigenvalue weighted by Gasteiger charge is 2.24. The van der Waals surface area contributed by atoms with Crippen LogP contribution >= 0.6 is 0 Å². The van der Waals surface area contributed by atoms with Crippen LogP contribution in [0.15, 0.2) is 30.3 Å². The highest BCUT2D eigenvalue weighted by molar-refractivity contribution is 5.19. The summed E-state index contributed by atoms with van der Waals surface area (Å²) in [5, 5.41) is 12.4. The van der Waals surface area contributed by atoms with Gasteiger partial charge >= 0.3 is 0 Å². The van der Waals surface area contributed by atoms with Gasteiger partial charge in [-0.3, -0.25) is 0 Å². The molecule has 1 aliphatic heterocycles. The second-order valence-corrected chi connectivity index (χ2v) is 6.66. The first kappa shape index (κ1) is 13.9. The molecule has 116 valence electrons. The Balaban J connectivity index is 1.46. The molecular formula is C18H24N4. The van der Waals surface area contributed by atoms with E-state index in [1.807, 2.05) is 0 Å². The lowest BCUT2D eigenvalue weighted by atomic mass is 9.79. The molecule has 1 aliphatic carbocycles. The lowest BCUT2D eigenvalue weighted by Crippen LogP contribution is -2.27. The molecule has 2 aliphatic rings. The Kier molecular flexibility index (Phi) is 3.94. The van der Waals surface area contributed by atoms with Gasteiger partial charge in [-0.15, -0.1) is 10.2 Å². The fourth-order valence-corrected chi connectivity index (χ4v) is 3.64. The number of nitrogens with one attached hydrogen (secondary N) is 1.